The number of hydrogen-bond donors (Lipinski definition) is 1. The summed E-state index contributed by atoms with van der Waals surface area (Å²) in [4.78, 5) is 3.97. The van der Waals surface area contributed by atoms with Crippen LogP contribution in [0.1, 0.15) is 25.3 Å². The number of aliphatic hydroxyl groups is 1. The Labute approximate surface area is 65.7 Å². The second kappa shape index (κ2) is 2.66. The van der Waals surface area contributed by atoms with Gasteiger partial charge in [-0.25, -0.2) is 4.98 Å². The Balaban J connectivity index is 2.08. The molecule has 0 saturated heterocycles. The van der Waals surface area contributed by atoms with Crippen molar-refractivity contribution in [3.05, 3.63) is 18.7 Å². The number of imidazole rings is 1. The van der Waals surface area contributed by atoms with E-state index in [0.29, 0.717) is 6.04 Å². The van der Waals surface area contributed by atoms with Crippen molar-refractivity contribution in [3.63, 3.8) is 0 Å². The van der Waals surface area contributed by atoms with Gasteiger partial charge in [0, 0.05) is 18.4 Å². The molecule has 2 atom stereocenters. The molecule has 0 amide bonds. The predicted molar refractivity (Wildman–Crippen MR) is 41.1 cm³/mol. The molecule has 0 aromatic carbocycles. The standard InChI is InChI=1S/C8H12N2O/c11-8-2-1-7(5-8)10-4-3-9-6-10/h3-4,6-8,11H,1-2,5H2. The van der Waals surface area contributed by atoms with E-state index in [0.717, 1.165) is 19.3 Å². The number of hydrogen-bond acceptors (Lipinski definition) is 2. The van der Waals surface area contributed by atoms with E-state index in [9.17, 15) is 5.11 Å². The highest BCUT2D eigenvalue weighted by molar-refractivity contribution is 4.85. The topological polar surface area (TPSA) is 38.0 Å². The molecule has 0 spiro atoms. The van der Waals surface area contributed by atoms with Crippen molar-refractivity contribution in [1.29, 1.82) is 0 Å². The molecule has 3 heteroatoms. The van der Waals surface area contributed by atoms with Gasteiger partial charge in [-0.3, -0.25) is 0 Å². The average molecular weight is 152 g/mol. The van der Waals surface area contributed by atoms with E-state index < -0.39 is 0 Å². The molecule has 0 aliphatic heterocycles. The van der Waals surface area contributed by atoms with Crippen LogP contribution >= 0.6 is 0 Å². The smallest absolute Gasteiger partial charge is 0.0948 e. The van der Waals surface area contributed by atoms with Crippen molar-refractivity contribution in [2.24, 2.45) is 0 Å². The average Bonchev–Trinajstić information content (AvgIpc) is 2.55. The summed E-state index contributed by atoms with van der Waals surface area (Å²) in [7, 11) is 0. The Kier molecular flexibility index (Phi) is 1.66. The summed E-state index contributed by atoms with van der Waals surface area (Å²) in [5.41, 5.74) is 0. The molecule has 1 aromatic rings. The first-order chi connectivity index (χ1) is 5.36. The van der Waals surface area contributed by atoms with Gasteiger partial charge < -0.3 is 9.67 Å². The van der Waals surface area contributed by atoms with Crippen LogP contribution in [0.4, 0.5) is 0 Å². The Hall–Kier alpha value is -0.830. The van der Waals surface area contributed by atoms with Crippen LogP contribution in [-0.2, 0) is 0 Å². The fourth-order valence-electron chi connectivity index (χ4n) is 1.69. The molecule has 2 rings (SSSR count). The zero-order valence-electron chi connectivity index (χ0n) is 6.35. The van der Waals surface area contributed by atoms with Crippen molar-refractivity contribution in [2.45, 2.75) is 31.4 Å². The molecular formula is C8H12N2O. The van der Waals surface area contributed by atoms with Gasteiger partial charge >= 0.3 is 0 Å². The van der Waals surface area contributed by atoms with E-state index in [-0.39, 0.29) is 6.10 Å². The lowest BCUT2D eigenvalue weighted by Gasteiger charge is -2.09. The molecule has 2 unspecified atom stereocenters. The van der Waals surface area contributed by atoms with Gasteiger partial charge in [0.15, 0.2) is 0 Å². The van der Waals surface area contributed by atoms with Crippen LogP contribution in [0.3, 0.4) is 0 Å². The molecule has 1 fully saturated rings. The monoisotopic (exact) mass is 152 g/mol. The Bertz CT molecular complexity index is 220. The predicted octanol–water partition coefficient (Wildman–Crippen LogP) is 0.969. The molecule has 1 aliphatic rings. The van der Waals surface area contributed by atoms with Crippen molar-refractivity contribution >= 4 is 0 Å². The fourth-order valence-corrected chi connectivity index (χ4v) is 1.69. The number of aromatic nitrogens is 2. The Morgan fingerprint density at radius 3 is 2.91 bits per heavy atom. The molecular weight excluding hydrogens is 140 g/mol. The largest absolute Gasteiger partial charge is 0.393 e. The van der Waals surface area contributed by atoms with Crippen molar-refractivity contribution in [2.75, 3.05) is 0 Å². The number of nitrogens with zero attached hydrogens (tertiary/aromatic N) is 2. The van der Waals surface area contributed by atoms with Gasteiger partial charge in [-0.1, -0.05) is 0 Å². The van der Waals surface area contributed by atoms with Crippen LogP contribution in [-0.4, -0.2) is 20.8 Å². The van der Waals surface area contributed by atoms with E-state index in [1.807, 2.05) is 12.5 Å². The SMILES string of the molecule is OC1CCC(n2ccnc2)C1. The lowest BCUT2D eigenvalue weighted by atomic mass is 10.2. The summed E-state index contributed by atoms with van der Waals surface area (Å²) in [6.45, 7) is 0. The molecule has 1 saturated carbocycles. The van der Waals surface area contributed by atoms with Crippen LogP contribution in [0.5, 0.6) is 0 Å². The summed E-state index contributed by atoms with van der Waals surface area (Å²) in [5, 5.41) is 9.26. The molecule has 1 heterocycles. The van der Waals surface area contributed by atoms with Crippen LogP contribution < -0.4 is 0 Å². The normalized spacial score (nSPS) is 31.0. The maximum absolute atomic E-state index is 9.26. The molecule has 3 nitrogen and oxygen atoms in total. The Morgan fingerprint density at radius 1 is 1.45 bits per heavy atom. The third-order valence-electron chi connectivity index (χ3n) is 2.32. The third-order valence-corrected chi connectivity index (χ3v) is 2.32. The minimum atomic E-state index is -0.0950. The van der Waals surface area contributed by atoms with E-state index in [1.54, 1.807) is 6.20 Å². The van der Waals surface area contributed by atoms with E-state index in [4.69, 9.17) is 0 Å². The van der Waals surface area contributed by atoms with Crippen molar-refractivity contribution < 1.29 is 5.11 Å². The van der Waals surface area contributed by atoms with Gasteiger partial charge in [0.1, 0.15) is 0 Å². The molecule has 0 bridgehead atoms. The summed E-state index contributed by atoms with van der Waals surface area (Å²) in [6, 6.07) is 0.479. The molecule has 11 heavy (non-hydrogen) atoms. The summed E-state index contributed by atoms with van der Waals surface area (Å²) >= 11 is 0. The maximum atomic E-state index is 9.26. The first-order valence-electron chi connectivity index (χ1n) is 4.02. The summed E-state index contributed by atoms with van der Waals surface area (Å²) in [6.07, 6.45) is 8.37. The van der Waals surface area contributed by atoms with Gasteiger partial charge in [0.25, 0.3) is 0 Å². The summed E-state index contributed by atoms with van der Waals surface area (Å²) in [5.74, 6) is 0. The second-order valence-electron chi connectivity index (χ2n) is 3.13. The third kappa shape index (κ3) is 1.28. The fraction of sp³-hybridized carbons (Fsp3) is 0.625. The van der Waals surface area contributed by atoms with Crippen molar-refractivity contribution in [1.82, 2.24) is 9.55 Å². The highest BCUT2D eigenvalue weighted by atomic mass is 16.3. The van der Waals surface area contributed by atoms with Crippen molar-refractivity contribution in [3.8, 4) is 0 Å². The number of aliphatic hydroxyl groups excluding tert-OH is 1. The van der Waals surface area contributed by atoms with Gasteiger partial charge in [-0.05, 0) is 19.3 Å². The van der Waals surface area contributed by atoms with Crippen LogP contribution in [0.25, 0.3) is 0 Å². The lowest BCUT2D eigenvalue weighted by Crippen LogP contribution is -2.04. The number of rotatable bonds is 1. The molecule has 1 aromatic heterocycles. The van der Waals surface area contributed by atoms with E-state index in [2.05, 4.69) is 9.55 Å². The van der Waals surface area contributed by atoms with E-state index in [1.165, 1.54) is 0 Å². The quantitative estimate of drug-likeness (QED) is 0.651. The van der Waals surface area contributed by atoms with Gasteiger partial charge in [-0.15, -0.1) is 0 Å². The van der Waals surface area contributed by atoms with Gasteiger partial charge in [0.05, 0.1) is 12.4 Å². The first kappa shape index (κ1) is 6.85. The minimum absolute atomic E-state index is 0.0950. The molecule has 1 aliphatic carbocycles. The molecule has 0 radical (unpaired) electrons. The molecule has 1 N–H and O–H groups in total. The van der Waals surface area contributed by atoms with Crippen LogP contribution in [0, 0.1) is 0 Å². The zero-order chi connectivity index (χ0) is 7.68. The zero-order valence-corrected chi connectivity index (χ0v) is 6.35. The van der Waals surface area contributed by atoms with Gasteiger partial charge in [-0.2, -0.15) is 0 Å². The lowest BCUT2D eigenvalue weighted by molar-refractivity contribution is 0.178. The highest BCUT2D eigenvalue weighted by Crippen LogP contribution is 2.29. The Morgan fingerprint density at radius 2 is 2.36 bits per heavy atom. The van der Waals surface area contributed by atoms with Crippen LogP contribution in [0.15, 0.2) is 18.7 Å². The van der Waals surface area contributed by atoms with Crippen LogP contribution in [0.2, 0.25) is 0 Å². The van der Waals surface area contributed by atoms with E-state index >= 15 is 0 Å². The summed E-state index contributed by atoms with van der Waals surface area (Å²) < 4.78 is 2.08. The molecule has 60 valence electrons. The highest BCUT2D eigenvalue weighted by Gasteiger charge is 2.23. The second-order valence-corrected chi connectivity index (χ2v) is 3.13. The minimum Gasteiger partial charge on any atom is -0.393 e. The first-order valence-corrected chi connectivity index (χ1v) is 4.02. The maximum Gasteiger partial charge on any atom is 0.0948 e. The van der Waals surface area contributed by atoms with Gasteiger partial charge in [0.2, 0.25) is 0 Å².